The van der Waals surface area contributed by atoms with Crippen LogP contribution in [0.25, 0.3) is 10.9 Å². The molecule has 5 rings (SSSR count). The molecule has 3 aromatic rings. The van der Waals surface area contributed by atoms with Crippen LogP contribution in [0.5, 0.6) is 0 Å². The minimum Gasteiger partial charge on any atom is -0.444 e. The number of aromatic nitrogens is 2. The van der Waals surface area contributed by atoms with Crippen molar-refractivity contribution in [2.75, 3.05) is 13.1 Å². The molecule has 9 heteroatoms. The van der Waals surface area contributed by atoms with Gasteiger partial charge in [-0.3, -0.25) is 9.59 Å². The molecule has 1 aliphatic heterocycles. The Morgan fingerprint density at radius 1 is 1.18 bits per heavy atom. The summed E-state index contributed by atoms with van der Waals surface area (Å²) in [5.74, 6) is -1.18. The van der Waals surface area contributed by atoms with Crippen LogP contribution < -0.4 is 10.9 Å². The number of pyridine rings is 1. The van der Waals surface area contributed by atoms with Crippen molar-refractivity contribution in [3.05, 3.63) is 70.0 Å². The fourth-order valence-corrected chi connectivity index (χ4v) is 5.45. The summed E-state index contributed by atoms with van der Waals surface area (Å²) in [5, 5.41) is 3.71. The van der Waals surface area contributed by atoms with E-state index >= 15 is 0 Å². The van der Waals surface area contributed by atoms with Gasteiger partial charge in [0.05, 0.1) is 12.0 Å². The van der Waals surface area contributed by atoms with E-state index in [1.807, 2.05) is 32.9 Å². The number of amides is 2. The molecule has 1 aromatic carbocycles. The van der Waals surface area contributed by atoms with Crippen LogP contribution in [0.3, 0.4) is 0 Å². The Morgan fingerprint density at radius 3 is 2.63 bits per heavy atom. The summed E-state index contributed by atoms with van der Waals surface area (Å²) in [7, 11) is 1.68. The smallest absolute Gasteiger partial charge is 0.410 e. The molecule has 0 bridgehead atoms. The van der Waals surface area contributed by atoms with Crippen LogP contribution in [-0.2, 0) is 16.6 Å². The molecule has 0 spiro atoms. The van der Waals surface area contributed by atoms with Crippen molar-refractivity contribution in [1.29, 1.82) is 0 Å². The molecule has 3 heterocycles. The third kappa shape index (κ3) is 5.33. The molecule has 1 saturated carbocycles. The van der Waals surface area contributed by atoms with E-state index in [4.69, 9.17) is 4.74 Å². The monoisotopic (exact) mass is 522 g/mol. The molecule has 3 atom stereocenters. The number of halogens is 1. The molecule has 8 nitrogen and oxygen atoms in total. The van der Waals surface area contributed by atoms with E-state index in [2.05, 4.69) is 10.3 Å². The molecule has 2 fully saturated rings. The molecule has 2 amide bonds. The maximum Gasteiger partial charge on any atom is 0.410 e. The average Bonchev–Trinajstić information content (AvgIpc) is 3.61. The number of aryl methyl sites for hydroxylation is 1. The summed E-state index contributed by atoms with van der Waals surface area (Å²) in [6, 6.07) is 7.99. The van der Waals surface area contributed by atoms with Crippen molar-refractivity contribution in [3.63, 3.8) is 0 Å². The second-order valence-corrected chi connectivity index (χ2v) is 11.6. The second kappa shape index (κ2) is 9.93. The number of benzene rings is 1. The number of hydrogen-bond donors (Lipinski definition) is 2. The lowest BCUT2D eigenvalue weighted by Gasteiger charge is -2.39. The number of rotatable bonds is 5. The van der Waals surface area contributed by atoms with Crippen LogP contribution in [0, 0.1) is 17.7 Å². The van der Waals surface area contributed by atoms with E-state index < -0.39 is 17.6 Å². The Labute approximate surface area is 221 Å². The third-order valence-electron chi connectivity index (χ3n) is 7.57. The SMILES string of the molecule is Cn1ccc(C2CCN(C(=O)OC(C)(C)C)CC2C(=O)NC(c2c[nH]c3cccc(F)c23)C2CC2)cc1=O. The molecule has 1 saturated heterocycles. The van der Waals surface area contributed by atoms with Crippen LogP contribution >= 0.6 is 0 Å². The highest BCUT2D eigenvalue weighted by atomic mass is 19.1. The Morgan fingerprint density at radius 2 is 1.95 bits per heavy atom. The lowest BCUT2D eigenvalue weighted by atomic mass is 9.80. The Hall–Kier alpha value is -3.62. The number of H-pyrrole nitrogens is 1. The van der Waals surface area contributed by atoms with Gasteiger partial charge in [0, 0.05) is 55.1 Å². The first-order valence-electron chi connectivity index (χ1n) is 13.2. The van der Waals surface area contributed by atoms with Crippen molar-refractivity contribution < 1.29 is 18.7 Å². The van der Waals surface area contributed by atoms with Gasteiger partial charge in [-0.05, 0) is 75.6 Å². The Balaban J connectivity index is 1.45. The molecule has 2 N–H and O–H groups in total. The lowest BCUT2D eigenvalue weighted by molar-refractivity contribution is -0.128. The van der Waals surface area contributed by atoms with E-state index in [1.54, 1.807) is 36.5 Å². The van der Waals surface area contributed by atoms with Crippen LogP contribution in [0.15, 0.2) is 47.5 Å². The standard InChI is InChI=1S/C29H35FN4O4/c1-29(2,3)38-28(37)34-13-11-19(18-10-12-33(4)24(35)14-18)21(16-34)27(36)32-26(17-8-9-17)20-15-31-23-7-5-6-22(30)25(20)23/h5-7,10,12,14-15,17,19,21,26,31H,8-9,11,13,16H2,1-4H3,(H,32,36). The number of piperidine rings is 1. The van der Waals surface area contributed by atoms with E-state index in [9.17, 15) is 18.8 Å². The largest absolute Gasteiger partial charge is 0.444 e. The number of hydrogen-bond acceptors (Lipinski definition) is 4. The number of ether oxygens (including phenoxy) is 1. The number of fused-ring (bicyclic) bond motifs is 1. The van der Waals surface area contributed by atoms with Gasteiger partial charge in [-0.25, -0.2) is 9.18 Å². The zero-order chi connectivity index (χ0) is 27.2. The Kier molecular flexibility index (Phi) is 6.79. The fourth-order valence-electron chi connectivity index (χ4n) is 5.45. The predicted octanol–water partition coefficient (Wildman–Crippen LogP) is 4.61. The van der Waals surface area contributed by atoms with Gasteiger partial charge < -0.3 is 24.5 Å². The summed E-state index contributed by atoms with van der Waals surface area (Å²) >= 11 is 0. The van der Waals surface area contributed by atoms with Gasteiger partial charge in [0.25, 0.3) is 5.56 Å². The van der Waals surface area contributed by atoms with E-state index in [0.717, 1.165) is 24.0 Å². The minimum absolute atomic E-state index is 0.152. The maximum atomic E-state index is 14.8. The third-order valence-corrected chi connectivity index (χ3v) is 7.57. The first kappa shape index (κ1) is 26.0. The number of likely N-dealkylation sites (tertiary alicyclic amines) is 1. The Bertz CT molecular complexity index is 1420. The van der Waals surface area contributed by atoms with Gasteiger partial charge in [0.1, 0.15) is 11.4 Å². The number of nitrogens with zero attached hydrogens (tertiary/aromatic N) is 2. The van der Waals surface area contributed by atoms with Crippen LogP contribution in [0.2, 0.25) is 0 Å². The van der Waals surface area contributed by atoms with Crippen LogP contribution in [0.4, 0.5) is 9.18 Å². The van der Waals surface area contributed by atoms with Gasteiger partial charge >= 0.3 is 6.09 Å². The minimum atomic E-state index is -0.659. The summed E-state index contributed by atoms with van der Waals surface area (Å²) in [5.41, 5.74) is 1.39. The molecule has 2 aliphatic rings. The zero-order valence-corrected chi connectivity index (χ0v) is 22.3. The van der Waals surface area contributed by atoms with Gasteiger partial charge in [0.15, 0.2) is 0 Å². The highest BCUT2D eigenvalue weighted by molar-refractivity contribution is 5.86. The molecule has 38 heavy (non-hydrogen) atoms. The van der Waals surface area contributed by atoms with Gasteiger partial charge in [-0.2, -0.15) is 0 Å². The quantitative estimate of drug-likeness (QED) is 0.511. The van der Waals surface area contributed by atoms with Gasteiger partial charge in [-0.15, -0.1) is 0 Å². The van der Waals surface area contributed by atoms with E-state index in [0.29, 0.717) is 23.9 Å². The molecule has 3 unspecified atom stereocenters. The van der Waals surface area contributed by atoms with Gasteiger partial charge in [0.2, 0.25) is 5.91 Å². The topological polar surface area (TPSA) is 96.4 Å². The van der Waals surface area contributed by atoms with Gasteiger partial charge in [-0.1, -0.05) is 6.07 Å². The highest BCUT2D eigenvalue weighted by Crippen LogP contribution is 2.44. The molecular formula is C29H35FN4O4. The van der Waals surface area contributed by atoms with Crippen molar-refractivity contribution in [3.8, 4) is 0 Å². The lowest BCUT2D eigenvalue weighted by Crippen LogP contribution is -2.50. The zero-order valence-electron chi connectivity index (χ0n) is 22.3. The predicted molar refractivity (Wildman–Crippen MR) is 142 cm³/mol. The van der Waals surface area contributed by atoms with Crippen molar-refractivity contribution in [2.45, 2.75) is 57.6 Å². The van der Waals surface area contributed by atoms with E-state index in [-0.39, 0.29) is 41.7 Å². The van der Waals surface area contributed by atoms with E-state index in [1.165, 1.54) is 10.6 Å². The molecular weight excluding hydrogens is 487 g/mol. The van der Waals surface area contributed by atoms with Crippen molar-refractivity contribution >= 4 is 22.9 Å². The number of nitrogens with one attached hydrogen (secondary N) is 2. The summed E-state index contributed by atoms with van der Waals surface area (Å²) < 4.78 is 21.9. The number of carbonyl (C=O) groups excluding carboxylic acids is 2. The normalized spacial score (nSPS) is 20.8. The highest BCUT2D eigenvalue weighted by Gasteiger charge is 2.41. The average molecular weight is 523 g/mol. The fraction of sp³-hybridized carbons (Fsp3) is 0.483. The van der Waals surface area contributed by atoms with Crippen LogP contribution in [0.1, 0.15) is 63.1 Å². The molecule has 1 aliphatic carbocycles. The number of carbonyl (C=O) groups is 2. The summed E-state index contributed by atoms with van der Waals surface area (Å²) in [4.78, 5) is 44.0. The van der Waals surface area contributed by atoms with Crippen molar-refractivity contribution in [2.24, 2.45) is 18.9 Å². The maximum absolute atomic E-state index is 14.8. The molecule has 0 radical (unpaired) electrons. The molecule has 2 aromatic heterocycles. The number of aromatic amines is 1. The first-order valence-corrected chi connectivity index (χ1v) is 13.2. The first-order chi connectivity index (χ1) is 18.0. The molecule has 202 valence electrons. The van der Waals surface area contributed by atoms with Crippen molar-refractivity contribution in [1.82, 2.24) is 19.8 Å². The summed E-state index contributed by atoms with van der Waals surface area (Å²) in [6.45, 7) is 6.00. The van der Waals surface area contributed by atoms with Crippen LogP contribution in [-0.4, -0.2) is 45.1 Å². The summed E-state index contributed by atoms with van der Waals surface area (Å²) in [6.07, 6.45) is 5.42. The second-order valence-electron chi connectivity index (χ2n) is 11.6.